The van der Waals surface area contributed by atoms with Crippen LogP contribution in [0.25, 0.3) is 0 Å². The number of hydrogen-bond acceptors (Lipinski definition) is 3. The maximum Gasteiger partial charge on any atom is 0.135 e. The molecular weight excluding hydrogens is 305 g/mol. The van der Waals surface area contributed by atoms with Crippen LogP contribution in [0.15, 0.2) is 18.2 Å². The minimum absolute atomic E-state index is 0.488. The molecule has 2 aromatic rings. The normalized spacial score (nSPS) is 16.0. The molecule has 1 aliphatic rings. The van der Waals surface area contributed by atoms with E-state index in [2.05, 4.69) is 0 Å². The Labute approximate surface area is 122 Å². The van der Waals surface area contributed by atoms with Crippen LogP contribution in [0.1, 0.15) is 27.0 Å². The molecule has 0 amide bonds. The Balaban J connectivity index is 2.00. The summed E-state index contributed by atoms with van der Waals surface area (Å²) in [5, 5.41) is 10.2. The molecule has 1 unspecified atom stereocenters. The number of rotatable bonds is 2. The van der Waals surface area contributed by atoms with Gasteiger partial charge in [0.15, 0.2) is 0 Å². The van der Waals surface area contributed by atoms with E-state index < -0.39 is 29.1 Å². The molecule has 0 saturated carbocycles. The first kappa shape index (κ1) is 14.0. The molecule has 0 fully saturated rings. The Bertz CT molecular complexity index is 607. The zero-order valence-electron chi connectivity index (χ0n) is 10.3. The second-order valence-electron chi connectivity index (χ2n) is 4.59. The first-order chi connectivity index (χ1) is 9.56. The lowest BCUT2D eigenvalue weighted by Gasteiger charge is -2.11. The number of aryl methyl sites for hydroxylation is 1. The summed E-state index contributed by atoms with van der Waals surface area (Å²) in [6, 6.07) is 2.97. The van der Waals surface area contributed by atoms with Gasteiger partial charge in [-0.05, 0) is 23.8 Å². The molecule has 1 aromatic heterocycles. The first-order valence-electron chi connectivity index (χ1n) is 6.08. The van der Waals surface area contributed by atoms with E-state index in [0.29, 0.717) is 17.0 Å². The minimum atomic E-state index is -1.39. The molecule has 0 radical (unpaired) electrons. The number of hydrogen-bond donors (Lipinski definition) is 1. The Morgan fingerprint density at radius 1 is 1.10 bits per heavy atom. The standard InChI is InChI=1S/C14H11F3OS2/c15-8-4-9(16)13(10(17)5-8)14(18)12-3-7-6-19-2-1-11(7)20-12/h3-5,14,18H,1-2,6H2. The van der Waals surface area contributed by atoms with Gasteiger partial charge in [-0.2, -0.15) is 11.8 Å². The average molecular weight is 316 g/mol. The monoisotopic (exact) mass is 316 g/mol. The van der Waals surface area contributed by atoms with Gasteiger partial charge in [0, 0.05) is 27.6 Å². The molecule has 1 aromatic carbocycles. The third-order valence-electron chi connectivity index (χ3n) is 3.23. The Kier molecular flexibility index (Phi) is 3.79. The highest BCUT2D eigenvalue weighted by atomic mass is 32.2. The van der Waals surface area contributed by atoms with Crippen LogP contribution in [-0.2, 0) is 12.2 Å². The third-order valence-corrected chi connectivity index (χ3v) is 5.53. The van der Waals surface area contributed by atoms with Gasteiger partial charge in [0.1, 0.15) is 23.6 Å². The van der Waals surface area contributed by atoms with Crippen molar-refractivity contribution in [1.29, 1.82) is 0 Å². The lowest BCUT2D eigenvalue weighted by Crippen LogP contribution is -2.05. The van der Waals surface area contributed by atoms with Crippen molar-refractivity contribution >= 4 is 23.1 Å². The van der Waals surface area contributed by atoms with E-state index in [-0.39, 0.29) is 0 Å². The van der Waals surface area contributed by atoms with Gasteiger partial charge >= 0.3 is 0 Å². The molecule has 20 heavy (non-hydrogen) atoms. The second kappa shape index (κ2) is 5.42. The summed E-state index contributed by atoms with van der Waals surface area (Å²) in [5.74, 6) is -1.24. The van der Waals surface area contributed by atoms with Gasteiger partial charge in [0.2, 0.25) is 0 Å². The predicted octanol–water partition coefficient (Wildman–Crippen LogP) is 4.04. The Morgan fingerprint density at radius 3 is 2.45 bits per heavy atom. The van der Waals surface area contributed by atoms with E-state index in [4.69, 9.17) is 0 Å². The number of thiophene rings is 1. The van der Waals surface area contributed by atoms with E-state index in [1.54, 1.807) is 17.8 Å². The van der Waals surface area contributed by atoms with Gasteiger partial charge in [-0.3, -0.25) is 0 Å². The fourth-order valence-electron chi connectivity index (χ4n) is 2.26. The van der Waals surface area contributed by atoms with Gasteiger partial charge in [-0.1, -0.05) is 0 Å². The van der Waals surface area contributed by atoms with Crippen molar-refractivity contribution < 1.29 is 18.3 Å². The van der Waals surface area contributed by atoms with Crippen LogP contribution in [0.2, 0.25) is 0 Å². The highest BCUT2D eigenvalue weighted by Gasteiger charge is 2.24. The van der Waals surface area contributed by atoms with Crippen molar-refractivity contribution in [3.8, 4) is 0 Å². The van der Waals surface area contributed by atoms with Crippen LogP contribution < -0.4 is 0 Å². The van der Waals surface area contributed by atoms with Crippen LogP contribution in [0, 0.1) is 17.5 Å². The fraction of sp³-hybridized carbons (Fsp3) is 0.286. The molecule has 6 heteroatoms. The van der Waals surface area contributed by atoms with Crippen molar-refractivity contribution in [1.82, 2.24) is 0 Å². The van der Waals surface area contributed by atoms with Crippen molar-refractivity contribution in [2.45, 2.75) is 18.3 Å². The van der Waals surface area contributed by atoms with Gasteiger partial charge in [0.25, 0.3) is 0 Å². The van der Waals surface area contributed by atoms with Crippen LogP contribution in [0.5, 0.6) is 0 Å². The minimum Gasteiger partial charge on any atom is -0.383 e. The van der Waals surface area contributed by atoms with Crippen molar-refractivity contribution in [3.05, 3.63) is 56.5 Å². The molecule has 2 heterocycles. The average Bonchev–Trinajstić information content (AvgIpc) is 2.81. The SMILES string of the molecule is OC(c1cc2c(s1)CCSC2)c1c(F)cc(F)cc1F. The predicted molar refractivity (Wildman–Crippen MR) is 74.6 cm³/mol. The summed E-state index contributed by atoms with van der Waals surface area (Å²) in [7, 11) is 0. The molecule has 1 aliphatic heterocycles. The van der Waals surface area contributed by atoms with Crippen LogP contribution in [0.3, 0.4) is 0 Å². The summed E-state index contributed by atoms with van der Waals surface area (Å²) in [4.78, 5) is 1.66. The summed E-state index contributed by atoms with van der Waals surface area (Å²) in [5.41, 5.74) is 0.626. The molecule has 0 bridgehead atoms. The lowest BCUT2D eigenvalue weighted by atomic mass is 10.1. The van der Waals surface area contributed by atoms with E-state index >= 15 is 0 Å². The highest BCUT2D eigenvalue weighted by molar-refractivity contribution is 7.98. The Morgan fingerprint density at radius 2 is 1.80 bits per heavy atom. The molecular formula is C14H11F3OS2. The summed E-state index contributed by atoms with van der Waals surface area (Å²) in [6.07, 6.45) is -0.484. The molecule has 1 nitrogen and oxygen atoms in total. The molecule has 3 rings (SSSR count). The van der Waals surface area contributed by atoms with E-state index in [1.165, 1.54) is 11.3 Å². The number of aliphatic hydroxyl groups is 1. The maximum absolute atomic E-state index is 13.7. The molecule has 0 aliphatic carbocycles. The van der Waals surface area contributed by atoms with E-state index in [0.717, 1.165) is 28.4 Å². The van der Waals surface area contributed by atoms with Crippen LogP contribution in [0.4, 0.5) is 13.2 Å². The first-order valence-corrected chi connectivity index (χ1v) is 8.05. The maximum atomic E-state index is 13.7. The van der Waals surface area contributed by atoms with Gasteiger partial charge in [-0.15, -0.1) is 11.3 Å². The smallest absolute Gasteiger partial charge is 0.135 e. The number of aliphatic hydroxyl groups excluding tert-OH is 1. The highest BCUT2D eigenvalue weighted by Crippen LogP contribution is 2.37. The number of thioether (sulfide) groups is 1. The number of halogens is 3. The number of benzene rings is 1. The number of fused-ring (bicyclic) bond motifs is 1. The zero-order chi connectivity index (χ0) is 14.3. The molecule has 1 N–H and O–H groups in total. The largest absolute Gasteiger partial charge is 0.383 e. The zero-order valence-corrected chi connectivity index (χ0v) is 12.0. The van der Waals surface area contributed by atoms with Gasteiger partial charge in [0.05, 0.1) is 5.56 Å². The summed E-state index contributed by atoms with van der Waals surface area (Å²) < 4.78 is 40.3. The van der Waals surface area contributed by atoms with Gasteiger partial charge < -0.3 is 5.11 Å². The van der Waals surface area contributed by atoms with Crippen molar-refractivity contribution in [3.63, 3.8) is 0 Å². The quantitative estimate of drug-likeness (QED) is 0.902. The molecule has 106 valence electrons. The van der Waals surface area contributed by atoms with Crippen molar-refractivity contribution in [2.75, 3.05) is 5.75 Å². The fourth-order valence-corrected chi connectivity index (χ4v) is 4.63. The molecule has 1 atom stereocenters. The summed E-state index contributed by atoms with van der Waals surface area (Å²) in [6.45, 7) is 0. The van der Waals surface area contributed by atoms with Crippen LogP contribution >= 0.6 is 23.1 Å². The third kappa shape index (κ3) is 2.47. The molecule has 0 spiro atoms. The molecule has 0 saturated heterocycles. The second-order valence-corrected chi connectivity index (χ2v) is 6.86. The Hall–Kier alpha value is -0.980. The topological polar surface area (TPSA) is 20.2 Å². The lowest BCUT2D eigenvalue weighted by molar-refractivity contribution is 0.212. The van der Waals surface area contributed by atoms with Crippen molar-refractivity contribution in [2.24, 2.45) is 0 Å². The van der Waals surface area contributed by atoms with Crippen LogP contribution in [-0.4, -0.2) is 10.9 Å². The van der Waals surface area contributed by atoms with E-state index in [1.807, 2.05) is 0 Å². The van der Waals surface area contributed by atoms with E-state index in [9.17, 15) is 18.3 Å². The van der Waals surface area contributed by atoms with Gasteiger partial charge in [-0.25, -0.2) is 13.2 Å². The summed E-state index contributed by atoms with van der Waals surface area (Å²) >= 11 is 3.16.